The molecule has 1 fully saturated rings. The van der Waals surface area contributed by atoms with Crippen LogP contribution in [-0.2, 0) is 4.79 Å². The third-order valence-electron chi connectivity index (χ3n) is 5.93. The van der Waals surface area contributed by atoms with Gasteiger partial charge in [0.05, 0.1) is 21.3 Å². The van der Waals surface area contributed by atoms with Gasteiger partial charge in [0, 0.05) is 17.7 Å². The summed E-state index contributed by atoms with van der Waals surface area (Å²) < 4.78 is 12.4. The van der Waals surface area contributed by atoms with Crippen molar-refractivity contribution in [2.45, 2.75) is 31.7 Å². The van der Waals surface area contributed by atoms with Gasteiger partial charge in [0.1, 0.15) is 13.2 Å². The SMILES string of the molecule is C[C@H](C(=O)Nc1ccc2c(c1)OCCO2)N1CCC(c2nc3ccccc3s2)CC1. The number of nitrogens with zero attached hydrogens (tertiary/aromatic N) is 2. The van der Waals surface area contributed by atoms with Gasteiger partial charge in [-0.2, -0.15) is 0 Å². The highest BCUT2D eigenvalue weighted by Crippen LogP contribution is 2.35. The molecule has 0 bridgehead atoms. The van der Waals surface area contributed by atoms with E-state index in [2.05, 4.69) is 28.4 Å². The molecule has 7 heteroatoms. The number of aromatic nitrogens is 1. The number of nitrogens with one attached hydrogen (secondary N) is 1. The van der Waals surface area contributed by atoms with Crippen LogP contribution in [0.25, 0.3) is 10.2 Å². The lowest BCUT2D eigenvalue weighted by atomic mass is 9.96. The Labute approximate surface area is 179 Å². The molecule has 156 valence electrons. The Morgan fingerprint density at radius 1 is 1.13 bits per heavy atom. The minimum absolute atomic E-state index is 0.00474. The van der Waals surface area contributed by atoms with E-state index in [4.69, 9.17) is 14.5 Å². The number of thiazole rings is 1. The maximum Gasteiger partial charge on any atom is 0.241 e. The van der Waals surface area contributed by atoms with Crippen LogP contribution in [0.5, 0.6) is 11.5 Å². The molecule has 0 aliphatic carbocycles. The van der Waals surface area contributed by atoms with Gasteiger partial charge in [-0.05, 0) is 57.1 Å². The first-order chi connectivity index (χ1) is 14.7. The van der Waals surface area contributed by atoms with Crippen molar-refractivity contribution in [3.63, 3.8) is 0 Å². The normalized spacial score (nSPS) is 18.3. The van der Waals surface area contributed by atoms with Crippen molar-refractivity contribution in [1.29, 1.82) is 0 Å². The number of para-hydroxylation sites is 1. The van der Waals surface area contributed by atoms with Crippen LogP contribution < -0.4 is 14.8 Å². The molecule has 2 aliphatic heterocycles. The van der Waals surface area contributed by atoms with Crippen LogP contribution in [0.3, 0.4) is 0 Å². The maximum atomic E-state index is 12.8. The molecule has 3 heterocycles. The summed E-state index contributed by atoms with van der Waals surface area (Å²) in [6.45, 7) is 4.87. The number of anilines is 1. The topological polar surface area (TPSA) is 63.7 Å². The third-order valence-corrected chi connectivity index (χ3v) is 7.12. The molecule has 0 unspecified atom stereocenters. The van der Waals surface area contributed by atoms with Gasteiger partial charge < -0.3 is 14.8 Å². The van der Waals surface area contributed by atoms with Crippen LogP contribution in [0.1, 0.15) is 30.7 Å². The molecular formula is C23H25N3O3S. The number of hydrogen-bond donors (Lipinski definition) is 1. The zero-order chi connectivity index (χ0) is 20.5. The zero-order valence-corrected chi connectivity index (χ0v) is 17.8. The molecule has 0 radical (unpaired) electrons. The second kappa shape index (κ2) is 8.24. The van der Waals surface area contributed by atoms with Crippen LogP contribution in [-0.4, -0.2) is 48.1 Å². The van der Waals surface area contributed by atoms with Crippen molar-refractivity contribution >= 4 is 33.1 Å². The van der Waals surface area contributed by atoms with Crippen LogP contribution in [0.15, 0.2) is 42.5 Å². The Morgan fingerprint density at radius 3 is 2.70 bits per heavy atom. The minimum Gasteiger partial charge on any atom is -0.486 e. The largest absolute Gasteiger partial charge is 0.486 e. The van der Waals surface area contributed by atoms with E-state index in [9.17, 15) is 4.79 Å². The van der Waals surface area contributed by atoms with Gasteiger partial charge in [0.15, 0.2) is 11.5 Å². The lowest BCUT2D eigenvalue weighted by molar-refractivity contribution is -0.121. The summed E-state index contributed by atoms with van der Waals surface area (Å²) in [5, 5.41) is 4.25. The molecule has 6 nitrogen and oxygen atoms in total. The molecule has 1 amide bonds. The summed E-state index contributed by atoms with van der Waals surface area (Å²) >= 11 is 1.80. The van der Waals surface area contributed by atoms with Gasteiger partial charge >= 0.3 is 0 Å². The average molecular weight is 424 g/mol. The molecule has 2 aliphatic rings. The zero-order valence-electron chi connectivity index (χ0n) is 17.0. The van der Waals surface area contributed by atoms with E-state index >= 15 is 0 Å². The Morgan fingerprint density at radius 2 is 1.90 bits per heavy atom. The van der Waals surface area contributed by atoms with Crippen molar-refractivity contribution < 1.29 is 14.3 Å². The number of hydrogen-bond acceptors (Lipinski definition) is 6. The molecule has 1 N–H and O–H groups in total. The summed E-state index contributed by atoms with van der Waals surface area (Å²) in [4.78, 5) is 19.9. The predicted octanol–water partition coefficient (Wildman–Crippen LogP) is 4.27. The smallest absolute Gasteiger partial charge is 0.241 e. The van der Waals surface area contributed by atoms with Gasteiger partial charge in [-0.25, -0.2) is 4.98 Å². The van der Waals surface area contributed by atoms with Crippen molar-refractivity contribution in [3.8, 4) is 11.5 Å². The monoisotopic (exact) mass is 423 g/mol. The fourth-order valence-corrected chi connectivity index (χ4v) is 5.27. The second-order valence-corrected chi connectivity index (χ2v) is 8.92. The lowest BCUT2D eigenvalue weighted by Gasteiger charge is -2.34. The number of piperidine rings is 1. The first kappa shape index (κ1) is 19.3. The maximum absolute atomic E-state index is 12.8. The van der Waals surface area contributed by atoms with Crippen molar-refractivity contribution in [1.82, 2.24) is 9.88 Å². The molecule has 2 aromatic carbocycles. The van der Waals surface area contributed by atoms with Gasteiger partial charge in [0.25, 0.3) is 0 Å². The highest BCUT2D eigenvalue weighted by molar-refractivity contribution is 7.18. The molecule has 1 atom stereocenters. The number of carbonyl (C=O) groups is 1. The fraction of sp³-hybridized carbons (Fsp3) is 0.391. The fourth-order valence-electron chi connectivity index (χ4n) is 4.13. The highest BCUT2D eigenvalue weighted by Gasteiger charge is 2.29. The molecule has 0 spiro atoms. The molecule has 1 aromatic heterocycles. The lowest BCUT2D eigenvalue weighted by Crippen LogP contribution is -2.45. The van der Waals surface area contributed by atoms with Crippen LogP contribution >= 0.6 is 11.3 Å². The van der Waals surface area contributed by atoms with Gasteiger partial charge in [-0.15, -0.1) is 11.3 Å². The van der Waals surface area contributed by atoms with Crippen LogP contribution in [0, 0.1) is 0 Å². The summed E-state index contributed by atoms with van der Waals surface area (Å²) in [6.07, 6.45) is 2.06. The quantitative estimate of drug-likeness (QED) is 0.679. The Hall–Kier alpha value is -2.64. The van der Waals surface area contributed by atoms with Crippen molar-refractivity contribution in [3.05, 3.63) is 47.5 Å². The Kier molecular flexibility index (Phi) is 5.31. The second-order valence-electron chi connectivity index (χ2n) is 7.85. The summed E-state index contributed by atoms with van der Waals surface area (Å²) in [7, 11) is 0. The van der Waals surface area contributed by atoms with Gasteiger partial charge in [-0.1, -0.05) is 12.1 Å². The van der Waals surface area contributed by atoms with Crippen molar-refractivity contribution in [2.24, 2.45) is 0 Å². The Bertz CT molecular complexity index is 1030. The standard InChI is InChI=1S/C23H25N3O3S/c1-15(22(27)24-17-6-7-19-20(14-17)29-13-12-28-19)26-10-8-16(9-11-26)23-25-18-4-2-3-5-21(18)30-23/h2-7,14-16H,8-13H2,1H3,(H,24,27)/t15-/m1/s1. The Balaban J connectivity index is 1.19. The highest BCUT2D eigenvalue weighted by atomic mass is 32.1. The number of carbonyl (C=O) groups excluding carboxylic acids is 1. The third kappa shape index (κ3) is 3.87. The summed E-state index contributed by atoms with van der Waals surface area (Å²) in [5.41, 5.74) is 1.83. The van der Waals surface area contributed by atoms with Gasteiger partial charge in [-0.3, -0.25) is 9.69 Å². The van der Waals surface area contributed by atoms with Crippen LogP contribution in [0.4, 0.5) is 5.69 Å². The van der Waals surface area contributed by atoms with E-state index in [1.165, 1.54) is 9.71 Å². The predicted molar refractivity (Wildman–Crippen MR) is 119 cm³/mol. The van der Waals surface area contributed by atoms with E-state index < -0.39 is 0 Å². The van der Waals surface area contributed by atoms with Gasteiger partial charge in [0.2, 0.25) is 5.91 Å². The number of benzene rings is 2. The number of likely N-dealkylation sites (tertiary alicyclic amines) is 1. The van der Waals surface area contributed by atoms with E-state index in [1.54, 1.807) is 11.3 Å². The number of amides is 1. The van der Waals surface area contributed by atoms with E-state index in [1.807, 2.05) is 31.2 Å². The number of fused-ring (bicyclic) bond motifs is 2. The molecule has 1 saturated heterocycles. The molecule has 30 heavy (non-hydrogen) atoms. The van der Waals surface area contributed by atoms with Crippen molar-refractivity contribution in [2.75, 3.05) is 31.6 Å². The summed E-state index contributed by atoms with van der Waals surface area (Å²) in [6, 6.07) is 13.7. The average Bonchev–Trinajstić information content (AvgIpc) is 3.23. The van der Waals surface area contributed by atoms with E-state index in [0.717, 1.165) is 42.9 Å². The minimum atomic E-state index is -0.186. The number of ether oxygens (including phenoxy) is 2. The molecular weight excluding hydrogens is 398 g/mol. The first-order valence-electron chi connectivity index (χ1n) is 10.5. The van der Waals surface area contributed by atoms with E-state index in [-0.39, 0.29) is 11.9 Å². The van der Waals surface area contributed by atoms with Crippen LogP contribution in [0.2, 0.25) is 0 Å². The molecule has 0 saturated carbocycles. The number of rotatable bonds is 4. The molecule has 3 aromatic rings. The van der Waals surface area contributed by atoms with E-state index in [0.29, 0.717) is 24.9 Å². The molecule has 5 rings (SSSR count). The summed E-state index contributed by atoms with van der Waals surface area (Å²) in [5.74, 6) is 1.89. The first-order valence-corrected chi connectivity index (χ1v) is 11.3.